The number of aromatic nitrogens is 1. The molecule has 0 spiro atoms. The highest BCUT2D eigenvalue weighted by Gasteiger charge is 2.13. The van der Waals surface area contributed by atoms with Crippen LogP contribution in [0.4, 0.5) is 4.79 Å². The largest absolute Gasteiger partial charge is 0.396 e. The second kappa shape index (κ2) is 8.12. The average molecular weight is 285 g/mol. The van der Waals surface area contributed by atoms with Crippen molar-refractivity contribution in [3.8, 4) is 0 Å². The minimum atomic E-state index is -0.194. The maximum Gasteiger partial charge on any atom is 0.315 e. The molecule has 1 aromatic heterocycles. The van der Waals surface area contributed by atoms with E-state index in [4.69, 9.17) is 5.11 Å². The van der Waals surface area contributed by atoms with E-state index < -0.39 is 0 Å². The number of hydrogen-bond acceptors (Lipinski definition) is 4. The van der Waals surface area contributed by atoms with Gasteiger partial charge in [0.25, 0.3) is 0 Å². The second-order valence-electron chi connectivity index (χ2n) is 4.67. The number of urea groups is 1. The molecule has 2 amide bonds. The van der Waals surface area contributed by atoms with Gasteiger partial charge in [0.05, 0.1) is 5.01 Å². The van der Waals surface area contributed by atoms with Crippen LogP contribution in [0.25, 0.3) is 0 Å². The molecule has 19 heavy (non-hydrogen) atoms. The van der Waals surface area contributed by atoms with Gasteiger partial charge in [-0.15, -0.1) is 11.3 Å². The molecule has 2 unspecified atom stereocenters. The Bertz CT molecular complexity index is 395. The number of aliphatic hydroxyl groups is 1. The van der Waals surface area contributed by atoms with Crippen molar-refractivity contribution >= 4 is 17.4 Å². The Balaban J connectivity index is 2.23. The van der Waals surface area contributed by atoms with Gasteiger partial charge in [-0.05, 0) is 19.3 Å². The second-order valence-corrected chi connectivity index (χ2v) is 5.87. The minimum Gasteiger partial charge on any atom is -0.396 e. The molecule has 108 valence electrons. The van der Waals surface area contributed by atoms with Crippen molar-refractivity contribution in [1.29, 1.82) is 0 Å². The summed E-state index contributed by atoms with van der Waals surface area (Å²) in [6.45, 7) is 6.53. The van der Waals surface area contributed by atoms with E-state index in [1.807, 2.05) is 20.0 Å². The molecule has 0 radical (unpaired) electrons. The fraction of sp³-hybridized carbons (Fsp3) is 0.692. The maximum absolute atomic E-state index is 11.6. The highest BCUT2D eigenvalue weighted by Crippen LogP contribution is 2.13. The van der Waals surface area contributed by atoms with Crippen molar-refractivity contribution in [3.63, 3.8) is 0 Å². The topological polar surface area (TPSA) is 74.2 Å². The van der Waals surface area contributed by atoms with Crippen molar-refractivity contribution in [2.24, 2.45) is 5.92 Å². The van der Waals surface area contributed by atoms with Crippen molar-refractivity contribution in [2.45, 2.75) is 39.7 Å². The Kier molecular flexibility index (Phi) is 6.80. The number of nitrogens with zero attached hydrogens (tertiary/aromatic N) is 1. The molecular formula is C13H23N3O2S. The molecule has 0 bridgehead atoms. The number of amides is 2. The number of nitrogens with one attached hydrogen (secondary N) is 2. The lowest BCUT2D eigenvalue weighted by Gasteiger charge is -2.19. The monoisotopic (exact) mass is 285 g/mol. The number of hydrogen-bond donors (Lipinski definition) is 3. The summed E-state index contributed by atoms with van der Waals surface area (Å²) in [5, 5.41) is 15.6. The summed E-state index contributed by atoms with van der Waals surface area (Å²) >= 11 is 1.69. The van der Waals surface area contributed by atoms with Crippen LogP contribution >= 0.6 is 11.3 Å². The Morgan fingerprint density at radius 1 is 1.53 bits per heavy atom. The van der Waals surface area contributed by atoms with Crippen LogP contribution in [0.2, 0.25) is 0 Å². The summed E-state index contributed by atoms with van der Waals surface area (Å²) in [7, 11) is 0. The summed E-state index contributed by atoms with van der Waals surface area (Å²) in [4.78, 5) is 17.2. The number of aliphatic hydroxyl groups excluding tert-OH is 1. The van der Waals surface area contributed by atoms with E-state index in [0.717, 1.165) is 17.8 Å². The van der Waals surface area contributed by atoms with Gasteiger partial charge in [-0.2, -0.15) is 0 Å². The fourth-order valence-corrected chi connectivity index (χ4v) is 2.33. The zero-order valence-electron chi connectivity index (χ0n) is 11.8. The Hall–Kier alpha value is -1.14. The quantitative estimate of drug-likeness (QED) is 0.712. The van der Waals surface area contributed by atoms with Gasteiger partial charge < -0.3 is 15.7 Å². The number of rotatable bonds is 7. The van der Waals surface area contributed by atoms with Gasteiger partial charge in [0, 0.05) is 36.7 Å². The predicted octanol–water partition coefficient (Wildman–Crippen LogP) is 1.56. The Labute approximate surface area is 118 Å². The summed E-state index contributed by atoms with van der Waals surface area (Å²) in [6.07, 6.45) is 3.65. The molecule has 0 aromatic carbocycles. The van der Waals surface area contributed by atoms with Crippen LogP contribution in [0, 0.1) is 5.92 Å². The van der Waals surface area contributed by atoms with Crippen LogP contribution in [0.3, 0.4) is 0 Å². The van der Waals surface area contributed by atoms with Gasteiger partial charge in [-0.1, -0.05) is 13.8 Å². The normalized spacial score (nSPS) is 13.9. The smallest absolute Gasteiger partial charge is 0.315 e. The summed E-state index contributed by atoms with van der Waals surface area (Å²) in [5.74, 6) is 0.0526. The fourth-order valence-electron chi connectivity index (χ4n) is 1.47. The van der Waals surface area contributed by atoms with Crippen LogP contribution in [0.1, 0.15) is 30.7 Å². The summed E-state index contributed by atoms with van der Waals surface area (Å²) in [6, 6.07) is -0.239. The molecule has 0 aliphatic rings. The molecule has 0 saturated carbocycles. The van der Waals surface area contributed by atoms with E-state index in [0.29, 0.717) is 6.54 Å². The predicted molar refractivity (Wildman–Crippen MR) is 77.4 cm³/mol. The number of carbonyl (C=O) groups is 1. The third kappa shape index (κ3) is 5.57. The van der Waals surface area contributed by atoms with Gasteiger partial charge in [-0.25, -0.2) is 9.78 Å². The first-order valence-corrected chi connectivity index (χ1v) is 7.47. The summed E-state index contributed by atoms with van der Waals surface area (Å²) in [5.41, 5.74) is 0. The molecule has 3 N–H and O–H groups in total. The van der Waals surface area contributed by atoms with E-state index >= 15 is 0 Å². The van der Waals surface area contributed by atoms with E-state index in [9.17, 15) is 4.79 Å². The van der Waals surface area contributed by atoms with E-state index in [-0.39, 0.29) is 24.6 Å². The molecule has 0 saturated heterocycles. The van der Waals surface area contributed by atoms with Gasteiger partial charge >= 0.3 is 6.03 Å². The van der Waals surface area contributed by atoms with Crippen LogP contribution in [-0.4, -0.2) is 35.3 Å². The van der Waals surface area contributed by atoms with Gasteiger partial charge in [0.15, 0.2) is 0 Å². The molecule has 5 nitrogen and oxygen atoms in total. The van der Waals surface area contributed by atoms with Crippen molar-refractivity contribution in [2.75, 3.05) is 13.2 Å². The molecule has 1 aromatic rings. The van der Waals surface area contributed by atoms with E-state index in [2.05, 4.69) is 22.5 Å². The maximum atomic E-state index is 11.6. The van der Waals surface area contributed by atoms with Gasteiger partial charge in [-0.3, -0.25) is 0 Å². The molecule has 1 rings (SSSR count). The number of aryl methyl sites for hydroxylation is 1. The molecule has 0 fully saturated rings. The number of thiazole rings is 1. The Morgan fingerprint density at radius 3 is 2.84 bits per heavy atom. The third-order valence-electron chi connectivity index (χ3n) is 3.07. The van der Waals surface area contributed by atoms with Gasteiger partial charge in [0.1, 0.15) is 0 Å². The van der Waals surface area contributed by atoms with Crippen LogP contribution in [0.5, 0.6) is 0 Å². The number of carbonyl (C=O) groups excluding carboxylic acids is 1. The lowest BCUT2D eigenvalue weighted by molar-refractivity contribution is 0.200. The third-order valence-corrected chi connectivity index (χ3v) is 4.28. The average Bonchev–Trinajstić information content (AvgIpc) is 2.85. The standard InChI is InChI=1S/C13H23N3O2S/c1-4-11-7-15-12(19-11)5-6-14-13(18)16-10(3)9(2)8-17/h7,9-10,17H,4-6,8H2,1-3H3,(H2,14,16,18). The highest BCUT2D eigenvalue weighted by atomic mass is 32.1. The van der Waals surface area contributed by atoms with Crippen molar-refractivity contribution < 1.29 is 9.90 Å². The zero-order chi connectivity index (χ0) is 14.3. The van der Waals surface area contributed by atoms with E-state index in [1.54, 1.807) is 11.3 Å². The molecular weight excluding hydrogens is 262 g/mol. The summed E-state index contributed by atoms with van der Waals surface area (Å²) < 4.78 is 0. The minimum absolute atomic E-state index is 0.0449. The Morgan fingerprint density at radius 2 is 2.26 bits per heavy atom. The highest BCUT2D eigenvalue weighted by molar-refractivity contribution is 7.11. The lowest BCUT2D eigenvalue weighted by Crippen LogP contribution is -2.44. The van der Waals surface area contributed by atoms with Crippen molar-refractivity contribution in [1.82, 2.24) is 15.6 Å². The SMILES string of the molecule is CCc1cnc(CCNC(=O)NC(C)C(C)CO)s1. The van der Waals surface area contributed by atoms with Crippen LogP contribution < -0.4 is 10.6 Å². The van der Waals surface area contributed by atoms with Crippen LogP contribution in [-0.2, 0) is 12.8 Å². The first kappa shape index (κ1) is 15.9. The lowest BCUT2D eigenvalue weighted by atomic mass is 10.1. The van der Waals surface area contributed by atoms with Crippen molar-refractivity contribution in [3.05, 3.63) is 16.1 Å². The van der Waals surface area contributed by atoms with E-state index in [1.165, 1.54) is 4.88 Å². The molecule has 0 aliphatic carbocycles. The first-order chi connectivity index (χ1) is 9.06. The zero-order valence-corrected chi connectivity index (χ0v) is 12.6. The first-order valence-electron chi connectivity index (χ1n) is 6.65. The molecule has 1 heterocycles. The molecule has 2 atom stereocenters. The van der Waals surface area contributed by atoms with Gasteiger partial charge in [0.2, 0.25) is 0 Å². The van der Waals surface area contributed by atoms with Crippen LogP contribution in [0.15, 0.2) is 6.20 Å². The molecule has 6 heteroatoms. The molecule has 0 aliphatic heterocycles.